The Morgan fingerprint density at radius 3 is 2.61 bits per heavy atom. The van der Waals surface area contributed by atoms with Crippen LogP contribution in [0.2, 0.25) is 0 Å². The smallest absolute Gasteiger partial charge is 0.274 e. The van der Waals surface area contributed by atoms with Gasteiger partial charge in [0.1, 0.15) is 22.9 Å². The minimum absolute atomic E-state index is 0.101. The molecule has 0 amide bonds. The monoisotopic (exact) mass is 420 g/mol. The van der Waals surface area contributed by atoms with Crippen molar-refractivity contribution in [2.75, 3.05) is 0 Å². The van der Waals surface area contributed by atoms with E-state index in [2.05, 4.69) is 9.97 Å². The third kappa shape index (κ3) is 2.99. The Kier molecular flexibility index (Phi) is 4.18. The normalized spacial score (nSPS) is 11.5. The highest BCUT2D eigenvalue weighted by Gasteiger charge is 2.19. The van der Waals surface area contributed by atoms with Crippen molar-refractivity contribution in [1.29, 1.82) is 0 Å². The molecule has 0 spiro atoms. The fraction of sp³-hybridized carbons (Fsp3) is 0.130. The van der Waals surface area contributed by atoms with Crippen LogP contribution >= 0.6 is 0 Å². The highest BCUT2D eigenvalue weighted by molar-refractivity contribution is 5.98. The van der Waals surface area contributed by atoms with Crippen LogP contribution < -0.4 is 10.3 Å². The van der Waals surface area contributed by atoms with Crippen molar-refractivity contribution in [3.05, 3.63) is 76.6 Å². The van der Waals surface area contributed by atoms with Gasteiger partial charge in [-0.15, -0.1) is 0 Å². The molecule has 0 saturated heterocycles. The summed E-state index contributed by atoms with van der Waals surface area (Å²) in [6, 6.07) is 8.60. The molecule has 0 aliphatic heterocycles. The second-order valence-corrected chi connectivity index (χ2v) is 7.46. The lowest BCUT2D eigenvalue weighted by Gasteiger charge is -2.14. The molecule has 8 heteroatoms. The Morgan fingerprint density at radius 1 is 1.03 bits per heavy atom. The Balaban J connectivity index is 1.81. The number of pyridine rings is 1. The molecule has 31 heavy (non-hydrogen) atoms. The van der Waals surface area contributed by atoms with Gasteiger partial charge in [0, 0.05) is 55.1 Å². The topological polar surface area (TPSA) is 64.8 Å². The number of hydrogen-bond donors (Lipinski definition) is 1. The van der Waals surface area contributed by atoms with Gasteiger partial charge in [0.25, 0.3) is 5.56 Å². The first-order valence-electron chi connectivity index (χ1n) is 9.60. The van der Waals surface area contributed by atoms with Crippen molar-refractivity contribution in [2.24, 2.45) is 14.1 Å². The number of aromatic nitrogens is 4. The van der Waals surface area contributed by atoms with Gasteiger partial charge in [-0.1, -0.05) is 0 Å². The molecule has 0 bridgehead atoms. The summed E-state index contributed by atoms with van der Waals surface area (Å²) in [5, 5.41) is 0.708. The second-order valence-electron chi connectivity index (χ2n) is 7.46. The van der Waals surface area contributed by atoms with Crippen molar-refractivity contribution in [3.63, 3.8) is 0 Å². The van der Waals surface area contributed by atoms with Gasteiger partial charge in [-0.2, -0.15) is 0 Å². The first-order valence-corrected chi connectivity index (χ1v) is 9.60. The highest BCUT2D eigenvalue weighted by atomic mass is 19.1. The van der Waals surface area contributed by atoms with Gasteiger partial charge < -0.3 is 18.9 Å². The maximum absolute atomic E-state index is 14.4. The molecule has 6 nitrogen and oxygen atoms in total. The zero-order chi connectivity index (χ0) is 21.9. The maximum atomic E-state index is 14.4. The van der Waals surface area contributed by atoms with Crippen LogP contribution in [0.1, 0.15) is 5.82 Å². The number of hydrogen-bond acceptors (Lipinski definition) is 3. The maximum Gasteiger partial charge on any atom is 0.274 e. The number of ether oxygens (including phenoxy) is 1. The van der Waals surface area contributed by atoms with E-state index in [4.69, 9.17) is 4.74 Å². The van der Waals surface area contributed by atoms with Gasteiger partial charge in [-0.3, -0.25) is 4.79 Å². The molecular formula is C23H18F2N4O2. The predicted octanol–water partition coefficient (Wildman–Crippen LogP) is 4.80. The molecule has 0 atom stereocenters. The van der Waals surface area contributed by atoms with Gasteiger partial charge in [0.05, 0.1) is 11.0 Å². The Labute approximate surface area is 175 Å². The Bertz CT molecular complexity index is 1550. The highest BCUT2D eigenvalue weighted by Crippen LogP contribution is 2.39. The summed E-state index contributed by atoms with van der Waals surface area (Å²) in [6.07, 6.45) is 3.41. The molecule has 3 aromatic heterocycles. The van der Waals surface area contributed by atoms with Crippen LogP contribution in [0.15, 0.2) is 53.6 Å². The number of benzene rings is 2. The van der Waals surface area contributed by atoms with Gasteiger partial charge in [-0.25, -0.2) is 13.8 Å². The van der Waals surface area contributed by atoms with Crippen molar-refractivity contribution in [2.45, 2.75) is 6.92 Å². The van der Waals surface area contributed by atoms with E-state index in [9.17, 15) is 13.6 Å². The quantitative estimate of drug-likeness (QED) is 0.456. The number of halogens is 2. The summed E-state index contributed by atoms with van der Waals surface area (Å²) in [5.74, 6) is -0.425. The summed E-state index contributed by atoms with van der Waals surface area (Å²) in [6.45, 7) is 1.89. The molecule has 0 fully saturated rings. The Hall–Kier alpha value is -3.94. The van der Waals surface area contributed by atoms with E-state index >= 15 is 0 Å². The third-order valence-corrected chi connectivity index (χ3v) is 5.50. The molecule has 0 unspecified atom stereocenters. The van der Waals surface area contributed by atoms with E-state index in [1.165, 1.54) is 10.6 Å². The van der Waals surface area contributed by atoms with Crippen LogP contribution in [0.25, 0.3) is 33.1 Å². The van der Waals surface area contributed by atoms with Crippen molar-refractivity contribution in [3.8, 4) is 22.6 Å². The molecule has 0 aliphatic rings. The molecule has 156 valence electrons. The molecule has 0 radical (unpaired) electrons. The summed E-state index contributed by atoms with van der Waals surface area (Å²) in [4.78, 5) is 20.1. The lowest BCUT2D eigenvalue weighted by molar-refractivity contribution is 0.439. The fourth-order valence-electron chi connectivity index (χ4n) is 3.79. The van der Waals surface area contributed by atoms with E-state index in [1.54, 1.807) is 25.5 Å². The number of aromatic amines is 1. The van der Waals surface area contributed by atoms with Crippen molar-refractivity contribution >= 4 is 21.9 Å². The first kappa shape index (κ1) is 19.0. The summed E-state index contributed by atoms with van der Waals surface area (Å²) >= 11 is 0. The summed E-state index contributed by atoms with van der Waals surface area (Å²) in [5.41, 5.74) is 3.19. The number of rotatable bonds is 3. The molecule has 2 aromatic carbocycles. The first-order chi connectivity index (χ1) is 14.8. The van der Waals surface area contributed by atoms with Gasteiger partial charge in [0.15, 0.2) is 11.6 Å². The number of aryl methyl sites for hydroxylation is 3. The van der Waals surface area contributed by atoms with Crippen LogP contribution in [-0.4, -0.2) is 19.1 Å². The van der Waals surface area contributed by atoms with Crippen LogP contribution in [0, 0.1) is 18.6 Å². The number of nitrogens with zero attached hydrogens (tertiary/aromatic N) is 3. The molecule has 3 heterocycles. The minimum Gasteiger partial charge on any atom is -0.454 e. The van der Waals surface area contributed by atoms with E-state index in [1.807, 2.05) is 30.7 Å². The fourth-order valence-corrected chi connectivity index (χ4v) is 3.79. The van der Waals surface area contributed by atoms with E-state index < -0.39 is 11.6 Å². The summed E-state index contributed by atoms with van der Waals surface area (Å²) in [7, 11) is 3.54. The van der Waals surface area contributed by atoms with Crippen LogP contribution in [0.4, 0.5) is 8.78 Å². The summed E-state index contributed by atoms with van der Waals surface area (Å²) < 4.78 is 37.0. The molecule has 0 aliphatic carbocycles. The lowest BCUT2D eigenvalue weighted by Crippen LogP contribution is -2.16. The van der Waals surface area contributed by atoms with Crippen LogP contribution in [0.5, 0.6) is 11.5 Å². The third-order valence-electron chi connectivity index (χ3n) is 5.50. The standard InChI is InChI=1S/C23H18F2N4O2/c1-12-27-18-9-15(16-11-28(2)23(30)22-14(16)6-7-26-22)21(10-19(18)29(12)3)31-20-5-4-13(24)8-17(20)25/h4-11,26H,1-3H3. The number of imidazole rings is 1. The van der Waals surface area contributed by atoms with Crippen LogP contribution in [0.3, 0.4) is 0 Å². The average molecular weight is 420 g/mol. The Morgan fingerprint density at radius 2 is 1.84 bits per heavy atom. The van der Waals surface area contributed by atoms with Crippen LogP contribution in [-0.2, 0) is 14.1 Å². The lowest BCUT2D eigenvalue weighted by atomic mass is 10.0. The average Bonchev–Trinajstić information content (AvgIpc) is 3.32. The van der Waals surface area contributed by atoms with Crippen molar-refractivity contribution in [1.82, 2.24) is 19.1 Å². The predicted molar refractivity (Wildman–Crippen MR) is 114 cm³/mol. The zero-order valence-electron chi connectivity index (χ0n) is 17.0. The molecule has 0 saturated carbocycles. The SMILES string of the molecule is Cc1nc2cc(-c3cn(C)c(=O)c4[nH]ccc34)c(Oc3ccc(F)cc3F)cc2n1C. The number of H-pyrrole nitrogens is 1. The van der Waals surface area contributed by atoms with E-state index in [0.717, 1.165) is 34.6 Å². The zero-order valence-corrected chi connectivity index (χ0v) is 17.0. The molecule has 5 rings (SSSR count). The van der Waals surface area contributed by atoms with Gasteiger partial charge in [0.2, 0.25) is 0 Å². The van der Waals surface area contributed by atoms with Gasteiger partial charge >= 0.3 is 0 Å². The van der Waals surface area contributed by atoms with Gasteiger partial charge in [-0.05, 0) is 31.2 Å². The van der Waals surface area contributed by atoms with Crippen molar-refractivity contribution < 1.29 is 13.5 Å². The largest absolute Gasteiger partial charge is 0.454 e. The van der Waals surface area contributed by atoms with E-state index in [-0.39, 0.29) is 11.3 Å². The molecule has 1 N–H and O–H groups in total. The second kappa shape index (κ2) is 6.80. The van der Waals surface area contributed by atoms with E-state index in [0.29, 0.717) is 22.2 Å². The minimum atomic E-state index is -0.806. The molecular weight excluding hydrogens is 402 g/mol. The molecule has 5 aromatic rings. The number of nitrogens with one attached hydrogen (secondary N) is 1. The number of fused-ring (bicyclic) bond motifs is 2.